The summed E-state index contributed by atoms with van der Waals surface area (Å²) in [7, 11) is 0. The Hall–Kier alpha value is -0.0100. The van der Waals surface area contributed by atoms with Crippen molar-refractivity contribution >= 4 is 11.6 Å². The van der Waals surface area contributed by atoms with Crippen molar-refractivity contribution in [1.82, 2.24) is 0 Å². The molecular formula is C11H20ClN. The van der Waals surface area contributed by atoms with E-state index in [2.05, 4.69) is 6.08 Å². The average Bonchev–Trinajstić information content (AvgIpc) is 2.41. The molecule has 0 spiro atoms. The highest BCUT2D eigenvalue weighted by molar-refractivity contribution is 6.25. The minimum Gasteiger partial charge on any atom is -0.330 e. The maximum Gasteiger partial charge on any atom is 0.000267 e. The van der Waals surface area contributed by atoms with Crippen LogP contribution in [0.15, 0.2) is 11.6 Å². The summed E-state index contributed by atoms with van der Waals surface area (Å²) in [5.74, 6) is 0. The molecule has 0 aliphatic heterocycles. The van der Waals surface area contributed by atoms with E-state index in [1.54, 1.807) is 5.54 Å². The van der Waals surface area contributed by atoms with E-state index in [1.165, 1.54) is 38.5 Å². The molecule has 0 heterocycles. The zero-order valence-electron chi connectivity index (χ0n) is 8.27. The van der Waals surface area contributed by atoms with Crippen molar-refractivity contribution in [2.45, 2.75) is 44.9 Å². The van der Waals surface area contributed by atoms with Crippen molar-refractivity contribution in [3.8, 4) is 0 Å². The lowest BCUT2D eigenvalue weighted by atomic mass is 9.77. The fourth-order valence-corrected chi connectivity index (χ4v) is 2.35. The predicted octanol–water partition coefficient (Wildman–Crippen LogP) is 3.43. The highest BCUT2D eigenvalue weighted by Gasteiger charge is 2.27. The second-order valence-electron chi connectivity index (χ2n) is 4.18. The molecular weight excluding hydrogens is 182 g/mol. The first-order valence-electron chi connectivity index (χ1n) is 5.28. The molecule has 1 fully saturated rings. The molecule has 0 saturated heterocycles. The van der Waals surface area contributed by atoms with Crippen molar-refractivity contribution in [3.63, 3.8) is 0 Å². The van der Waals surface area contributed by atoms with Gasteiger partial charge < -0.3 is 5.73 Å². The van der Waals surface area contributed by atoms with E-state index in [0.29, 0.717) is 5.41 Å². The third-order valence-electron chi connectivity index (χ3n) is 3.24. The van der Waals surface area contributed by atoms with E-state index in [9.17, 15) is 0 Å². The molecule has 76 valence electrons. The normalized spacial score (nSPS) is 23.2. The minimum atomic E-state index is 0.363. The summed E-state index contributed by atoms with van der Waals surface area (Å²) < 4.78 is 0. The first-order chi connectivity index (χ1) is 6.33. The summed E-state index contributed by atoms with van der Waals surface area (Å²) in [6.45, 7) is 0.814. The molecule has 0 aromatic rings. The lowest BCUT2D eigenvalue weighted by molar-refractivity contribution is 0.258. The number of nitrogens with two attached hydrogens (primary N) is 1. The molecule has 1 aliphatic rings. The Morgan fingerprint density at radius 2 is 1.77 bits per heavy atom. The zero-order chi connectivity index (χ0) is 9.57. The van der Waals surface area contributed by atoms with E-state index in [-0.39, 0.29) is 0 Å². The van der Waals surface area contributed by atoms with Crippen molar-refractivity contribution in [2.24, 2.45) is 11.1 Å². The number of rotatable bonds is 3. The van der Waals surface area contributed by atoms with E-state index in [4.69, 9.17) is 17.3 Å². The van der Waals surface area contributed by atoms with Gasteiger partial charge in [-0.25, -0.2) is 0 Å². The quantitative estimate of drug-likeness (QED) is 0.696. The van der Waals surface area contributed by atoms with Gasteiger partial charge in [-0.2, -0.15) is 0 Å². The maximum absolute atomic E-state index is 5.87. The SMILES string of the molecule is NCC1(C/C=C/Cl)CCCCCC1. The molecule has 1 rings (SSSR count). The van der Waals surface area contributed by atoms with Crippen molar-refractivity contribution < 1.29 is 0 Å². The van der Waals surface area contributed by atoms with Gasteiger partial charge in [-0.15, -0.1) is 0 Å². The molecule has 1 nitrogen and oxygen atoms in total. The Labute approximate surface area is 86.3 Å². The van der Waals surface area contributed by atoms with Crippen LogP contribution in [0.25, 0.3) is 0 Å². The largest absolute Gasteiger partial charge is 0.330 e. The molecule has 2 N–H and O–H groups in total. The molecule has 13 heavy (non-hydrogen) atoms. The first-order valence-corrected chi connectivity index (χ1v) is 5.72. The van der Waals surface area contributed by atoms with E-state index < -0.39 is 0 Å². The molecule has 1 aliphatic carbocycles. The number of allylic oxidation sites excluding steroid dienone is 1. The van der Waals surface area contributed by atoms with Gasteiger partial charge in [0.25, 0.3) is 0 Å². The van der Waals surface area contributed by atoms with Crippen molar-refractivity contribution in [2.75, 3.05) is 6.54 Å². The van der Waals surface area contributed by atoms with Crippen LogP contribution < -0.4 is 5.73 Å². The van der Waals surface area contributed by atoms with Crippen molar-refractivity contribution in [1.29, 1.82) is 0 Å². The summed E-state index contributed by atoms with van der Waals surface area (Å²) in [6, 6.07) is 0. The first kappa shape index (κ1) is 11.1. The van der Waals surface area contributed by atoms with Gasteiger partial charge in [-0.05, 0) is 31.2 Å². The summed E-state index contributed by atoms with van der Waals surface area (Å²) in [5.41, 5.74) is 7.86. The van der Waals surface area contributed by atoms with Gasteiger partial charge in [0.1, 0.15) is 0 Å². The molecule has 0 radical (unpaired) electrons. The predicted molar refractivity (Wildman–Crippen MR) is 58.8 cm³/mol. The Balaban J connectivity index is 2.53. The second-order valence-corrected chi connectivity index (χ2v) is 4.44. The Kier molecular flexibility index (Phi) is 4.82. The van der Waals surface area contributed by atoms with Gasteiger partial charge in [0.05, 0.1) is 0 Å². The van der Waals surface area contributed by atoms with Gasteiger partial charge in [-0.1, -0.05) is 43.4 Å². The molecule has 1 saturated carbocycles. The van der Waals surface area contributed by atoms with Crippen LogP contribution in [0.5, 0.6) is 0 Å². The van der Waals surface area contributed by atoms with Gasteiger partial charge in [-0.3, -0.25) is 0 Å². The highest BCUT2D eigenvalue weighted by atomic mass is 35.5. The average molecular weight is 202 g/mol. The van der Waals surface area contributed by atoms with Gasteiger partial charge in [0.2, 0.25) is 0 Å². The Morgan fingerprint density at radius 1 is 1.15 bits per heavy atom. The van der Waals surface area contributed by atoms with Crippen LogP contribution in [0.3, 0.4) is 0 Å². The van der Waals surface area contributed by atoms with Gasteiger partial charge >= 0.3 is 0 Å². The Bertz CT molecular complexity index is 157. The highest BCUT2D eigenvalue weighted by Crippen LogP contribution is 2.37. The van der Waals surface area contributed by atoms with Crippen LogP contribution in [-0.4, -0.2) is 6.54 Å². The van der Waals surface area contributed by atoms with E-state index >= 15 is 0 Å². The molecule has 0 amide bonds. The fraction of sp³-hybridized carbons (Fsp3) is 0.818. The van der Waals surface area contributed by atoms with Crippen LogP contribution >= 0.6 is 11.6 Å². The van der Waals surface area contributed by atoms with E-state index in [1.807, 2.05) is 0 Å². The summed E-state index contributed by atoms with van der Waals surface area (Å²) in [6.07, 6.45) is 11.1. The summed E-state index contributed by atoms with van der Waals surface area (Å²) >= 11 is 5.56. The Morgan fingerprint density at radius 3 is 2.23 bits per heavy atom. The lowest BCUT2D eigenvalue weighted by Crippen LogP contribution is -2.29. The topological polar surface area (TPSA) is 26.0 Å². The van der Waals surface area contributed by atoms with Crippen LogP contribution in [0.1, 0.15) is 44.9 Å². The van der Waals surface area contributed by atoms with Crippen LogP contribution in [-0.2, 0) is 0 Å². The minimum absolute atomic E-state index is 0.363. The molecule has 2 heteroatoms. The lowest BCUT2D eigenvalue weighted by Gasteiger charge is -2.30. The van der Waals surface area contributed by atoms with Crippen LogP contribution in [0.4, 0.5) is 0 Å². The monoisotopic (exact) mass is 201 g/mol. The van der Waals surface area contributed by atoms with Gasteiger partial charge in [0.15, 0.2) is 0 Å². The fourth-order valence-electron chi connectivity index (χ4n) is 2.26. The maximum atomic E-state index is 5.87. The molecule has 0 bridgehead atoms. The van der Waals surface area contributed by atoms with Crippen LogP contribution in [0, 0.1) is 5.41 Å². The standard InChI is InChI=1S/C11H20ClN/c12-9-5-8-11(10-13)6-3-1-2-4-7-11/h5,9H,1-4,6-8,10,13H2/b9-5+. The number of halogens is 1. The zero-order valence-corrected chi connectivity index (χ0v) is 9.02. The molecule has 0 aromatic carbocycles. The molecule has 0 atom stereocenters. The third-order valence-corrected chi connectivity index (χ3v) is 3.42. The van der Waals surface area contributed by atoms with Gasteiger partial charge in [0, 0.05) is 5.54 Å². The number of hydrogen-bond acceptors (Lipinski definition) is 1. The smallest absolute Gasteiger partial charge is 0.000267 e. The number of hydrogen-bond donors (Lipinski definition) is 1. The molecule has 0 aromatic heterocycles. The summed E-state index contributed by atoms with van der Waals surface area (Å²) in [4.78, 5) is 0. The third kappa shape index (κ3) is 3.32. The second kappa shape index (κ2) is 5.66. The van der Waals surface area contributed by atoms with Crippen molar-refractivity contribution in [3.05, 3.63) is 11.6 Å². The molecule has 0 unspecified atom stereocenters. The summed E-state index contributed by atoms with van der Waals surface area (Å²) in [5, 5.41) is 0. The van der Waals surface area contributed by atoms with E-state index in [0.717, 1.165) is 13.0 Å². The van der Waals surface area contributed by atoms with Crippen LogP contribution in [0.2, 0.25) is 0 Å².